The van der Waals surface area contributed by atoms with Crippen molar-refractivity contribution >= 4 is 27.4 Å². The van der Waals surface area contributed by atoms with Gasteiger partial charge in [0.15, 0.2) is 0 Å². The lowest BCUT2D eigenvalue weighted by Gasteiger charge is -2.08. The van der Waals surface area contributed by atoms with Crippen LogP contribution in [0.4, 0.5) is 5.82 Å². The number of hydrogen-bond donors (Lipinski definition) is 2. The first-order chi connectivity index (χ1) is 9.92. The molecule has 6 nitrogen and oxygen atoms in total. The van der Waals surface area contributed by atoms with E-state index in [1.807, 2.05) is 0 Å². The fraction of sp³-hybridized carbons (Fsp3) is 0.154. The Morgan fingerprint density at radius 3 is 2.57 bits per heavy atom. The third-order valence-corrected chi connectivity index (χ3v) is 4.45. The SMILES string of the molecule is COc1ccc(CNS(=O)(=O)c2cnc(N)c(Cl)c2)cc1. The van der Waals surface area contributed by atoms with E-state index in [-0.39, 0.29) is 22.3 Å². The van der Waals surface area contributed by atoms with Crippen LogP contribution in [0, 0.1) is 0 Å². The summed E-state index contributed by atoms with van der Waals surface area (Å²) < 4.78 is 31.7. The summed E-state index contributed by atoms with van der Waals surface area (Å²) in [5.41, 5.74) is 6.25. The maximum Gasteiger partial charge on any atom is 0.242 e. The summed E-state index contributed by atoms with van der Waals surface area (Å²) in [6.45, 7) is 0.147. The van der Waals surface area contributed by atoms with Crippen molar-refractivity contribution in [3.63, 3.8) is 0 Å². The van der Waals surface area contributed by atoms with Crippen LogP contribution in [0.5, 0.6) is 5.75 Å². The Balaban J connectivity index is 2.11. The smallest absolute Gasteiger partial charge is 0.242 e. The lowest BCUT2D eigenvalue weighted by atomic mass is 10.2. The second-order valence-corrected chi connectivity index (χ2v) is 6.38. The molecule has 0 aliphatic heterocycles. The first-order valence-corrected chi connectivity index (χ1v) is 7.82. The van der Waals surface area contributed by atoms with Gasteiger partial charge in [-0.2, -0.15) is 0 Å². The van der Waals surface area contributed by atoms with E-state index in [1.54, 1.807) is 31.4 Å². The van der Waals surface area contributed by atoms with E-state index >= 15 is 0 Å². The Labute approximate surface area is 128 Å². The van der Waals surface area contributed by atoms with Gasteiger partial charge in [0.2, 0.25) is 10.0 Å². The molecule has 0 atom stereocenters. The highest BCUT2D eigenvalue weighted by atomic mass is 35.5. The zero-order valence-electron chi connectivity index (χ0n) is 11.2. The molecule has 1 aromatic carbocycles. The summed E-state index contributed by atoms with van der Waals surface area (Å²) in [6, 6.07) is 8.32. The van der Waals surface area contributed by atoms with Gasteiger partial charge in [-0.15, -0.1) is 0 Å². The van der Waals surface area contributed by atoms with E-state index in [0.717, 1.165) is 11.8 Å². The monoisotopic (exact) mass is 327 g/mol. The van der Waals surface area contributed by atoms with Crippen LogP contribution in [-0.2, 0) is 16.6 Å². The van der Waals surface area contributed by atoms with Gasteiger partial charge in [0, 0.05) is 12.7 Å². The number of nitrogen functional groups attached to an aromatic ring is 1. The number of ether oxygens (including phenoxy) is 1. The molecule has 0 spiro atoms. The van der Waals surface area contributed by atoms with Crippen molar-refractivity contribution in [3.05, 3.63) is 47.1 Å². The van der Waals surface area contributed by atoms with Crippen molar-refractivity contribution in [2.75, 3.05) is 12.8 Å². The fourth-order valence-corrected chi connectivity index (χ4v) is 2.80. The lowest BCUT2D eigenvalue weighted by Crippen LogP contribution is -2.23. The Bertz CT molecular complexity index is 733. The zero-order chi connectivity index (χ0) is 15.5. The zero-order valence-corrected chi connectivity index (χ0v) is 12.8. The van der Waals surface area contributed by atoms with Gasteiger partial charge in [0.25, 0.3) is 0 Å². The van der Waals surface area contributed by atoms with E-state index in [1.165, 1.54) is 6.07 Å². The third kappa shape index (κ3) is 3.84. The quantitative estimate of drug-likeness (QED) is 0.873. The lowest BCUT2D eigenvalue weighted by molar-refractivity contribution is 0.414. The van der Waals surface area contributed by atoms with Crippen LogP contribution in [0.25, 0.3) is 0 Å². The molecule has 2 rings (SSSR count). The standard InChI is InChI=1S/C13H14ClN3O3S/c1-20-10-4-2-9(3-5-10)7-17-21(18,19)11-6-12(14)13(15)16-8-11/h2-6,8,17H,7H2,1H3,(H2,15,16). The van der Waals surface area contributed by atoms with E-state index in [4.69, 9.17) is 22.1 Å². The number of benzene rings is 1. The van der Waals surface area contributed by atoms with Gasteiger partial charge in [-0.3, -0.25) is 0 Å². The normalized spacial score (nSPS) is 11.3. The van der Waals surface area contributed by atoms with Crippen LogP contribution >= 0.6 is 11.6 Å². The molecule has 8 heteroatoms. The van der Waals surface area contributed by atoms with Crippen molar-refractivity contribution < 1.29 is 13.2 Å². The summed E-state index contributed by atoms with van der Waals surface area (Å²) in [7, 11) is -2.13. The Hall–Kier alpha value is -1.83. The number of nitrogens with two attached hydrogens (primary N) is 1. The van der Waals surface area contributed by atoms with Crippen molar-refractivity contribution in [1.29, 1.82) is 0 Å². The predicted molar refractivity (Wildman–Crippen MR) is 80.7 cm³/mol. The highest BCUT2D eigenvalue weighted by Gasteiger charge is 2.15. The van der Waals surface area contributed by atoms with Gasteiger partial charge in [-0.1, -0.05) is 23.7 Å². The van der Waals surface area contributed by atoms with Crippen LogP contribution in [-0.4, -0.2) is 20.5 Å². The average molecular weight is 328 g/mol. The van der Waals surface area contributed by atoms with E-state index in [2.05, 4.69) is 9.71 Å². The first-order valence-electron chi connectivity index (χ1n) is 5.96. The van der Waals surface area contributed by atoms with Gasteiger partial charge in [0.05, 0.1) is 12.1 Å². The average Bonchev–Trinajstić information content (AvgIpc) is 2.48. The molecule has 112 valence electrons. The molecule has 0 aliphatic rings. The van der Waals surface area contributed by atoms with Gasteiger partial charge < -0.3 is 10.5 Å². The molecule has 21 heavy (non-hydrogen) atoms. The van der Waals surface area contributed by atoms with Crippen molar-refractivity contribution in [2.24, 2.45) is 0 Å². The molecule has 0 aliphatic carbocycles. The number of nitrogens with one attached hydrogen (secondary N) is 1. The van der Waals surface area contributed by atoms with Crippen molar-refractivity contribution in [3.8, 4) is 5.75 Å². The molecule has 0 bridgehead atoms. The molecule has 0 saturated heterocycles. The van der Waals surface area contributed by atoms with E-state index in [0.29, 0.717) is 5.75 Å². The number of aromatic nitrogens is 1. The molecule has 1 aromatic heterocycles. The molecular formula is C13H14ClN3O3S. The Morgan fingerprint density at radius 1 is 1.33 bits per heavy atom. The molecule has 0 unspecified atom stereocenters. The molecule has 2 aromatic rings. The number of sulfonamides is 1. The summed E-state index contributed by atoms with van der Waals surface area (Å²) in [5, 5.41) is 0.0994. The highest BCUT2D eigenvalue weighted by Crippen LogP contribution is 2.20. The second-order valence-electron chi connectivity index (χ2n) is 4.21. The molecule has 1 heterocycles. The number of pyridine rings is 1. The second kappa shape index (κ2) is 6.30. The molecular weight excluding hydrogens is 314 g/mol. The van der Waals surface area contributed by atoms with E-state index < -0.39 is 10.0 Å². The van der Waals surface area contributed by atoms with Gasteiger partial charge in [-0.25, -0.2) is 18.1 Å². The highest BCUT2D eigenvalue weighted by molar-refractivity contribution is 7.89. The Morgan fingerprint density at radius 2 is 2.00 bits per heavy atom. The van der Waals surface area contributed by atoms with Crippen LogP contribution in [0.15, 0.2) is 41.4 Å². The van der Waals surface area contributed by atoms with Gasteiger partial charge in [0.1, 0.15) is 16.5 Å². The maximum absolute atomic E-state index is 12.1. The number of rotatable bonds is 5. The number of methoxy groups -OCH3 is 1. The Kier molecular flexibility index (Phi) is 4.66. The minimum Gasteiger partial charge on any atom is -0.497 e. The summed E-state index contributed by atoms with van der Waals surface area (Å²) in [4.78, 5) is 3.70. The summed E-state index contributed by atoms with van der Waals surface area (Å²) >= 11 is 5.78. The van der Waals surface area contributed by atoms with Crippen molar-refractivity contribution in [1.82, 2.24) is 9.71 Å². The minimum absolute atomic E-state index is 0.0322. The fourth-order valence-electron chi connectivity index (χ4n) is 1.58. The third-order valence-electron chi connectivity index (χ3n) is 2.78. The van der Waals surface area contributed by atoms with Crippen LogP contribution in [0.2, 0.25) is 5.02 Å². The number of anilines is 1. The molecule has 0 fully saturated rings. The molecule has 0 amide bonds. The number of halogens is 1. The van der Waals surface area contributed by atoms with Crippen LogP contribution in [0.1, 0.15) is 5.56 Å². The van der Waals surface area contributed by atoms with Gasteiger partial charge in [-0.05, 0) is 23.8 Å². The maximum atomic E-state index is 12.1. The molecule has 3 N–H and O–H groups in total. The summed E-state index contributed by atoms with van der Waals surface area (Å²) in [6.07, 6.45) is 1.16. The van der Waals surface area contributed by atoms with Crippen molar-refractivity contribution in [2.45, 2.75) is 11.4 Å². The summed E-state index contributed by atoms with van der Waals surface area (Å²) in [5.74, 6) is 0.793. The van der Waals surface area contributed by atoms with Crippen LogP contribution in [0.3, 0.4) is 0 Å². The first kappa shape index (κ1) is 15.6. The molecule has 0 radical (unpaired) electrons. The van der Waals surface area contributed by atoms with Crippen LogP contribution < -0.4 is 15.2 Å². The largest absolute Gasteiger partial charge is 0.497 e. The van der Waals surface area contributed by atoms with E-state index in [9.17, 15) is 8.42 Å². The number of nitrogens with zero attached hydrogens (tertiary/aromatic N) is 1. The number of hydrogen-bond acceptors (Lipinski definition) is 5. The minimum atomic E-state index is -3.70. The topological polar surface area (TPSA) is 94.3 Å². The predicted octanol–water partition coefficient (Wildman–Crippen LogP) is 1.80. The molecule has 0 saturated carbocycles. The van der Waals surface area contributed by atoms with Gasteiger partial charge >= 0.3 is 0 Å².